The molecule has 0 aromatic carbocycles. The van der Waals surface area contributed by atoms with Crippen molar-refractivity contribution in [3.8, 4) is 0 Å². The molecule has 0 aliphatic heterocycles. The molecule has 0 aliphatic carbocycles. The number of aliphatic hydroxyl groups excluding tert-OH is 2. The van der Waals surface area contributed by atoms with Crippen LogP contribution in [0.25, 0.3) is 0 Å². The van der Waals surface area contributed by atoms with Crippen molar-refractivity contribution in [1.82, 2.24) is 0 Å². The SMILES string of the molecule is CCCCCCCCCCCC(=O)O.CCCCCCCCCCCC(=O)O.CCCCO.CCCCO.[Ti]. The van der Waals surface area contributed by atoms with Crippen LogP contribution >= 0.6 is 0 Å². The predicted octanol–water partition coefficient (Wildman–Crippen LogP) is 9.54. The quantitative estimate of drug-likeness (QED) is 0.0651. The summed E-state index contributed by atoms with van der Waals surface area (Å²) in [5.74, 6) is -1.32. The van der Waals surface area contributed by atoms with Crippen LogP contribution < -0.4 is 0 Å². The normalized spacial score (nSPS) is 9.59. The second kappa shape index (κ2) is 50.4. The Hall–Kier alpha value is -0.426. The molecule has 0 saturated carbocycles. The summed E-state index contributed by atoms with van der Waals surface area (Å²) in [7, 11) is 0. The summed E-state index contributed by atoms with van der Waals surface area (Å²) in [5, 5.41) is 33.0. The number of aliphatic carboxylic acids is 2. The van der Waals surface area contributed by atoms with Gasteiger partial charge in [-0.3, -0.25) is 9.59 Å². The van der Waals surface area contributed by atoms with E-state index in [9.17, 15) is 9.59 Å². The van der Waals surface area contributed by atoms with Gasteiger partial charge in [0.05, 0.1) is 0 Å². The average molecular weight is 597 g/mol. The molecule has 0 aromatic heterocycles. The van der Waals surface area contributed by atoms with Crippen molar-refractivity contribution >= 4 is 11.9 Å². The van der Waals surface area contributed by atoms with E-state index in [0.29, 0.717) is 26.1 Å². The van der Waals surface area contributed by atoms with Gasteiger partial charge in [-0.05, 0) is 25.7 Å². The van der Waals surface area contributed by atoms with Crippen LogP contribution in [0.2, 0.25) is 0 Å². The zero-order valence-electron chi connectivity index (χ0n) is 26.5. The second-order valence-electron chi connectivity index (χ2n) is 10.1. The number of carboxylic acid groups (broad SMARTS) is 2. The minimum atomic E-state index is -0.659. The van der Waals surface area contributed by atoms with Gasteiger partial charge in [0.25, 0.3) is 0 Å². The topological polar surface area (TPSA) is 115 Å². The summed E-state index contributed by atoms with van der Waals surface area (Å²) < 4.78 is 0. The first kappa shape index (κ1) is 48.3. The van der Waals surface area contributed by atoms with Crippen molar-refractivity contribution < 1.29 is 51.7 Å². The fourth-order valence-electron chi connectivity index (χ4n) is 3.49. The zero-order valence-corrected chi connectivity index (χ0v) is 28.1. The van der Waals surface area contributed by atoms with Gasteiger partial charge in [-0.2, -0.15) is 0 Å². The molecule has 0 unspecified atom stereocenters. The van der Waals surface area contributed by atoms with Crippen LogP contribution in [-0.4, -0.2) is 45.6 Å². The maximum absolute atomic E-state index is 10.2. The summed E-state index contributed by atoms with van der Waals surface area (Å²) in [6.07, 6.45) is 27.0. The van der Waals surface area contributed by atoms with Crippen LogP contribution in [0, 0.1) is 0 Å². The second-order valence-corrected chi connectivity index (χ2v) is 10.1. The molecule has 0 heterocycles. The molecule has 0 aliphatic rings. The first-order valence-electron chi connectivity index (χ1n) is 16.0. The summed E-state index contributed by atoms with van der Waals surface area (Å²) in [6, 6.07) is 0. The number of aliphatic hydroxyl groups is 2. The Labute approximate surface area is 258 Å². The van der Waals surface area contributed by atoms with Crippen molar-refractivity contribution in [2.75, 3.05) is 13.2 Å². The van der Waals surface area contributed by atoms with Gasteiger partial charge in [-0.25, -0.2) is 0 Å². The van der Waals surface area contributed by atoms with E-state index in [0.717, 1.165) is 51.4 Å². The third-order valence-corrected chi connectivity index (χ3v) is 6.01. The number of hydrogen-bond donors (Lipinski definition) is 4. The average Bonchev–Trinajstić information content (AvgIpc) is 2.88. The Morgan fingerprint density at radius 1 is 0.385 bits per heavy atom. The van der Waals surface area contributed by atoms with Crippen molar-refractivity contribution in [2.24, 2.45) is 0 Å². The van der Waals surface area contributed by atoms with Crippen molar-refractivity contribution in [3.05, 3.63) is 0 Å². The largest absolute Gasteiger partial charge is 0.481 e. The van der Waals surface area contributed by atoms with E-state index >= 15 is 0 Å². The van der Waals surface area contributed by atoms with Gasteiger partial charge in [0.15, 0.2) is 0 Å². The zero-order chi connectivity index (χ0) is 29.5. The molecule has 7 heteroatoms. The maximum atomic E-state index is 10.2. The molecule has 236 valence electrons. The molecule has 0 aromatic rings. The van der Waals surface area contributed by atoms with Crippen LogP contribution in [0.5, 0.6) is 0 Å². The van der Waals surface area contributed by atoms with E-state index in [1.807, 2.05) is 0 Å². The predicted molar refractivity (Wildman–Crippen MR) is 163 cm³/mol. The van der Waals surface area contributed by atoms with E-state index in [4.69, 9.17) is 20.4 Å². The summed E-state index contributed by atoms with van der Waals surface area (Å²) >= 11 is 0. The summed E-state index contributed by atoms with van der Waals surface area (Å²) in [6.45, 7) is 9.25. The molecule has 39 heavy (non-hydrogen) atoms. The van der Waals surface area contributed by atoms with Crippen molar-refractivity contribution in [1.29, 1.82) is 0 Å². The minimum absolute atomic E-state index is 0. The Kier molecular flexibility index (Phi) is 62.5. The number of carboxylic acids is 2. The number of carbonyl (C=O) groups is 2. The molecule has 6 nitrogen and oxygen atoms in total. The van der Waals surface area contributed by atoms with Gasteiger partial charge in [0, 0.05) is 47.8 Å². The molecule has 0 amide bonds. The molecule has 4 N–H and O–H groups in total. The molecule has 0 atom stereocenters. The summed E-state index contributed by atoms with van der Waals surface area (Å²) in [4.78, 5) is 20.4. The Balaban J connectivity index is -0.000000145. The van der Waals surface area contributed by atoms with Gasteiger partial charge in [0.1, 0.15) is 0 Å². The third kappa shape index (κ3) is 72.7. The van der Waals surface area contributed by atoms with E-state index in [-0.39, 0.29) is 21.7 Å². The number of rotatable bonds is 24. The number of hydrogen-bond acceptors (Lipinski definition) is 4. The van der Waals surface area contributed by atoms with Crippen LogP contribution in [-0.2, 0) is 31.3 Å². The van der Waals surface area contributed by atoms with E-state index in [1.54, 1.807) is 0 Å². The molecular formula is C32H68O6Ti. The standard InChI is InChI=1S/2C12H24O2.2C4H10O.Ti/c2*1-2-3-4-5-6-7-8-9-10-11-12(13)14;2*1-2-3-4-5;/h2*2-11H2,1H3,(H,13,14);2*5H,2-4H2,1H3;. The van der Waals surface area contributed by atoms with E-state index in [2.05, 4.69) is 27.7 Å². The van der Waals surface area contributed by atoms with Crippen LogP contribution in [0.15, 0.2) is 0 Å². The van der Waals surface area contributed by atoms with Gasteiger partial charge in [-0.15, -0.1) is 0 Å². The van der Waals surface area contributed by atoms with Crippen LogP contribution in [0.4, 0.5) is 0 Å². The monoisotopic (exact) mass is 596 g/mol. The fourth-order valence-corrected chi connectivity index (χ4v) is 3.49. The minimum Gasteiger partial charge on any atom is -0.481 e. The molecule has 0 saturated heterocycles. The fraction of sp³-hybridized carbons (Fsp3) is 0.938. The first-order chi connectivity index (χ1) is 18.4. The van der Waals surface area contributed by atoms with Crippen LogP contribution in [0.1, 0.15) is 182 Å². The maximum Gasteiger partial charge on any atom is 0.303 e. The van der Waals surface area contributed by atoms with Gasteiger partial charge in [-0.1, -0.05) is 143 Å². The molecule has 0 rings (SSSR count). The van der Waals surface area contributed by atoms with Crippen molar-refractivity contribution in [2.45, 2.75) is 182 Å². The van der Waals surface area contributed by atoms with E-state index in [1.165, 1.54) is 89.9 Å². The smallest absolute Gasteiger partial charge is 0.303 e. The summed E-state index contributed by atoms with van der Waals surface area (Å²) in [5.41, 5.74) is 0. The van der Waals surface area contributed by atoms with Crippen LogP contribution in [0.3, 0.4) is 0 Å². The van der Waals surface area contributed by atoms with Crippen molar-refractivity contribution in [3.63, 3.8) is 0 Å². The van der Waals surface area contributed by atoms with E-state index < -0.39 is 11.9 Å². The molecular weight excluding hydrogens is 528 g/mol. The van der Waals surface area contributed by atoms with Gasteiger partial charge in [0.2, 0.25) is 0 Å². The van der Waals surface area contributed by atoms with Gasteiger partial charge < -0.3 is 20.4 Å². The molecule has 0 radical (unpaired) electrons. The molecule has 0 fully saturated rings. The molecule has 0 spiro atoms. The first-order valence-corrected chi connectivity index (χ1v) is 16.0. The Morgan fingerprint density at radius 2 is 0.590 bits per heavy atom. The number of unbranched alkanes of at least 4 members (excludes halogenated alkanes) is 18. The molecule has 0 bridgehead atoms. The Bertz CT molecular complexity index is 379. The third-order valence-electron chi connectivity index (χ3n) is 6.01. The van der Waals surface area contributed by atoms with Gasteiger partial charge >= 0.3 is 11.9 Å². The Morgan fingerprint density at radius 3 is 0.744 bits per heavy atom.